The van der Waals surface area contributed by atoms with Gasteiger partial charge in [0.15, 0.2) is 0 Å². The summed E-state index contributed by atoms with van der Waals surface area (Å²) in [5.74, 6) is -0.231. The topological polar surface area (TPSA) is 26.3 Å². The number of hydrogen-bond donors (Lipinski definition) is 0. The summed E-state index contributed by atoms with van der Waals surface area (Å²) in [5, 5.41) is 0. The third kappa shape index (κ3) is 8.95. The summed E-state index contributed by atoms with van der Waals surface area (Å²) < 4.78 is 4.70. The van der Waals surface area contributed by atoms with E-state index in [1.807, 2.05) is 18.2 Å². The molecule has 0 unspecified atom stereocenters. The van der Waals surface area contributed by atoms with Crippen LogP contribution in [0.5, 0.6) is 0 Å². The van der Waals surface area contributed by atoms with E-state index in [4.69, 9.17) is 4.74 Å². The number of unbranched alkanes of at least 4 members (excludes halogenated alkanes) is 2. The van der Waals surface area contributed by atoms with Gasteiger partial charge < -0.3 is 4.74 Å². The predicted octanol–water partition coefficient (Wildman–Crippen LogP) is 2.46. The Hall–Kier alpha value is -1.05. The third-order valence-electron chi connectivity index (χ3n) is 1.33. The summed E-state index contributed by atoms with van der Waals surface area (Å²) in [6, 6.07) is 0. The molecule has 0 aliphatic carbocycles. The number of allylic oxidation sites excluding steroid dienone is 2. The zero-order valence-electron chi connectivity index (χ0n) is 7.58. The molecular weight excluding hydrogens is 152 g/mol. The maximum atomic E-state index is 10.3. The zero-order chi connectivity index (χ0) is 9.23. The van der Waals surface area contributed by atoms with Gasteiger partial charge in [0.25, 0.3) is 0 Å². The van der Waals surface area contributed by atoms with Crippen LogP contribution in [0, 0.1) is 0 Å². The predicted molar refractivity (Wildman–Crippen MR) is 49.8 cm³/mol. The van der Waals surface area contributed by atoms with Crippen LogP contribution in [0.3, 0.4) is 0 Å². The van der Waals surface area contributed by atoms with Gasteiger partial charge in [0.1, 0.15) is 6.61 Å². The highest BCUT2D eigenvalue weighted by Gasteiger charge is 1.86. The minimum Gasteiger partial charge on any atom is -0.462 e. The van der Waals surface area contributed by atoms with E-state index in [1.165, 1.54) is 6.92 Å². The first-order valence-corrected chi connectivity index (χ1v) is 4.16. The van der Waals surface area contributed by atoms with Gasteiger partial charge in [-0.25, -0.2) is 0 Å². The highest BCUT2D eigenvalue weighted by molar-refractivity contribution is 5.65. The molecule has 0 bridgehead atoms. The molecule has 0 rings (SSSR count). The van der Waals surface area contributed by atoms with E-state index in [1.54, 1.807) is 0 Å². The average molecular weight is 168 g/mol. The molecule has 2 heteroatoms. The van der Waals surface area contributed by atoms with Crippen molar-refractivity contribution in [2.45, 2.75) is 26.2 Å². The standard InChI is InChI=1S/C10H16O2/c1-3-4-5-6-7-8-9-12-10(2)11/h3,7-8H,1,4-6,9H2,2H3/b8-7-. The van der Waals surface area contributed by atoms with E-state index in [2.05, 4.69) is 6.58 Å². The van der Waals surface area contributed by atoms with Crippen molar-refractivity contribution in [1.82, 2.24) is 0 Å². The Balaban J connectivity index is 3.14. The van der Waals surface area contributed by atoms with Gasteiger partial charge in [0, 0.05) is 6.92 Å². The second-order valence-corrected chi connectivity index (χ2v) is 2.49. The Morgan fingerprint density at radius 1 is 1.42 bits per heavy atom. The molecule has 0 aromatic carbocycles. The molecule has 0 fully saturated rings. The van der Waals surface area contributed by atoms with Crippen LogP contribution in [-0.2, 0) is 9.53 Å². The van der Waals surface area contributed by atoms with Crippen molar-refractivity contribution in [3.05, 3.63) is 24.8 Å². The molecule has 0 saturated heterocycles. The van der Waals surface area contributed by atoms with Gasteiger partial charge in [-0.2, -0.15) is 0 Å². The Kier molecular flexibility index (Phi) is 7.35. The molecule has 68 valence electrons. The van der Waals surface area contributed by atoms with Crippen LogP contribution in [0.4, 0.5) is 0 Å². The Morgan fingerprint density at radius 3 is 2.75 bits per heavy atom. The van der Waals surface area contributed by atoms with Crippen LogP contribution in [-0.4, -0.2) is 12.6 Å². The van der Waals surface area contributed by atoms with E-state index in [0.29, 0.717) is 6.61 Å². The van der Waals surface area contributed by atoms with Crippen molar-refractivity contribution in [3.63, 3.8) is 0 Å². The maximum Gasteiger partial charge on any atom is 0.302 e. The van der Waals surface area contributed by atoms with E-state index < -0.39 is 0 Å². The second-order valence-electron chi connectivity index (χ2n) is 2.49. The molecule has 0 aromatic rings. The van der Waals surface area contributed by atoms with E-state index >= 15 is 0 Å². The van der Waals surface area contributed by atoms with Crippen LogP contribution < -0.4 is 0 Å². The molecule has 0 radical (unpaired) electrons. The van der Waals surface area contributed by atoms with Crippen molar-refractivity contribution >= 4 is 5.97 Å². The first-order chi connectivity index (χ1) is 5.77. The zero-order valence-corrected chi connectivity index (χ0v) is 7.58. The van der Waals surface area contributed by atoms with Crippen LogP contribution in [0.2, 0.25) is 0 Å². The molecule has 0 saturated carbocycles. The van der Waals surface area contributed by atoms with Crippen LogP contribution in [0.15, 0.2) is 24.8 Å². The number of carbonyl (C=O) groups is 1. The number of hydrogen-bond acceptors (Lipinski definition) is 2. The molecule has 12 heavy (non-hydrogen) atoms. The summed E-state index contributed by atoms with van der Waals surface area (Å²) in [6.07, 6.45) is 8.96. The lowest BCUT2D eigenvalue weighted by molar-refractivity contribution is -0.139. The molecular formula is C10H16O2. The van der Waals surface area contributed by atoms with Crippen molar-refractivity contribution in [2.24, 2.45) is 0 Å². The Labute approximate surface area is 73.9 Å². The fourth-order valence-corrected chi connectivity index (χ4v) is 0.731. The van der Waals surface area contributed by atoms with Gasteiger partial charge in [0.2, 0.25) is 0 Å². The lowest BCUT2D eigenvalue weighted by Crippen LogP contribution is -1.97. The van der Waals surface area contributed by atoms with Crippen LogP contribution >= 0.6 is 0 Å². The molecule has 0 amide bonds. The summed E-state index contributed by atoms with van der Waals surface area (Å²) in [5.41, 5.74) is 0. The minimum atomic E-state index is -0.231. The summed E-state index contributed by atoms with van der Waals surface area (Å²) in [7, 11) is 0. The highest BCUT2D eigenvalue weighted by atomic mass is 16.5. The normalized spacial score (nSPS) is 10.1. The average Bonchev–Trinajstić information content (AvgIpc) is 2.02. The fourth-order valence-electron chi connectivity index (χ4n) is 0.731. The third-order valence-corrected chi connectivity index (χ3v) is 1.33. The van der Waals surface area contributed by atoms with Crippen molar-refractivity contribution in [1.29, 1.82) is 0 Å². The number of rotatable bonds is 6. The molecule has 0 aromatic heterocycles. The second kappa shape index (κ2) is 8.05. The first kappa shape index (κ1) is 11.0. The maximum absolute atomic E-state index is 10.3. The van der Waals surface area contributed by atoms with E-state index in [9.17, 15) is 4.79 Å². The molecule has 0 heterocycles. The van der Waals surface area contributed by atoms with Crippen molar-refractivity contribution < 1.29 is 9.53 Å². The molecule has 0 atom stereocenters. The smallest absolute Gasteiger partial charge is 0.302 e. The largest absolute Gasteiger partial charge is 0.462 e. The molecule has 0 aliphatic heterocycles. The van der Waals surface area contributed by atoms with Crippen LogP contribution in [0.1, 0.15) is 26.2 Å². The van der Waals surface area contributed by atoms with Gasteiger partial charge in [-0.05, 0) is 19.3 Å². The monoisotopic (exact) mass is 168 g/mol. The molecule has 0 N–H and O–H groups in total. The quantitative estimate of drug-likeness (QED) is 0.346. The SMILES string of the molecule is C=CCCC/C=C\COC(C)=O. The van der Waals surface area contributed by atoms with E-state index in [-0.39, 0.29) is 5.97 Å². The lowest BCUT2D eigenvalue weighted by atomic mass is 10.2. The highest BCUT2D eigenvalue weighted by Crippen LogP contribution is 1.96. The van der Waals surface area contributed by atoms with Crippen LogP contribution in [0.25, 0.3) is 0 Å². The minimum absolute atomic E-state index is 0.231. The summed E-state index contributed by atoms with van der Waals surface area (Å²) in [4.78, 5) is 10.3. The van der Waals surface area contributed by atoms with Gasteiger partial charge in [-0.15, -0.1) is 6.58 Å². The number of ether oxygens (including phenoxy) is 1. The summed E-state index contributed by atoms with van der Waals surface area (Å²) in [6.45, 7) is 5.42. The fraction of sp³-hybridized carbons (Fsp3) is 0.500. The molecule has 0 spiro atoms. The van der Waals surface area contributed by atoms with Gasteiger partial charge >= 0.3 is 5.97 Å². The van der Waals surface area contributed by atoms with Gasteiger partial charge in [-0.3, -0.25) is 4.79 Å². The molecule has 0 aliphatic rings. The Morgan fingerprint density at radius 2 is 2.17 bits per heavy atom. The van der Waals surface area contributed by atoms with Crippen molar-refractivity contribution in [3.8, 4) is 0 Å². The van der Waals surface area contributed by atoms with Gasteiger partial charge in [-0.1, -0.05) is 18.2 Å². The number of esters is 1. The summed E-state index contributed by atoms with van der Waals surface area (Å²) >= 11 is 0. The van der Waals surface area contributed by atoms with Gasteiger partial charge in [0.05, 0.1) is 0 Å². The number of carbonyl (C=O) groups excluding carboxylic acids is 1. The first-order valence-electron chi connectivity index (χ1n) is 4.16. The van der Waals surface area contributed by atoms with E-state index in [0.717, 1.165) is 19.3 Å². The lowest BCUT2D eigenvalue weighted by Gasteiger charge is -1.94. The van der Waals surface area contributed by atoms with Crippen molar-refractivity contribution in [2.75, 3.05) is 6.61 Å². The Bertz CT molecular complexity index is 159. The molecule has 2 nitrogen and oxygen atoms in total.